The third kappa shape index (κ3) is 1.65. The van der Waals surface area contributed by atoms with Crippen molar-refractivity contribution in [3.05, 3.63) is 54.1 Å². The second-order valence-corrected chi connectivity index (χ2v) is 3.92. The van der Waals surface area contributed by atoms with Crippen LogP contribution in [0.2, 0.25) is 0 Å². The molecule has 0 heterocycles. The molecule has 0 atom stereocenters. The summed E-state index contributed by atoms with van der Waals surface area (Å²) < 4.78 is 0. The zero-order valence-corrected chi connectivity index (χ0v) is 10.1. The number of fused-ring (bicyclic) bond motifs is 3. The summed E-state index contributed by atoms with van der Waals surface area (Å²) in [6, 6.07) is 13.0. The molecule has 82 valence electrons. The van der Waals surface area contributed by atoms with Crippen molar-refractivity contribution in [2.24, 2.45) is 0 Å². The van der Waals surface area contributed by atoms with E-state index in [2.05, 4.69) is 43.0 Å². The number of rotatable bonds is 0. The summed E-state index contributed by atoms with van der Waals surface area (Å²) in [5.74, 6) is 0. The van der Waals surface area contributed by atoms with Gasteiger partial charge in [-0.15, -0.1) is 0 Å². The van der Waals surface area contributed by atoms with Crippen LogP contribution in [0.4, 0.5) is 0 Å². The van der Waals surface area contributed by atoms with Crippen molar-refractivity contribution in [1.82, 2.24) is 0 Å². The van der Waals surface area contributed by atoms with E-state index in [0.717, 1.165) is 6.42 Å². The fourth-order valence-electron chi connectivity index (χ4n) is 2.35. The SMILES string of the molecule is C=C1CCc2ccc3ccccc3c21.CC. The Morgan fingerprint density at radius 2 is 1.69 bits per heavy atom. The fraction of sp³-hybridized carbons (Fsp3) is 0.250. The van der Waals surface area contributed by atoms with Crippen LogP contribution in [-0.4, -0.2) is 0 Å². The van der Waals surface area contributed by atoms with E-state index in [1.54, 1.807) is 0 Å². The average molecular weight is 210 g/mol. The van der Waals surface area contributed by atoms with Gasteiger partial charge in [-0.05, 0) is 40.3 Å². The molecule has 0 saturated carbocycles. The normalized spacial score (nSPS) is 13.2. The molecule has 0 aromatic heterocycles. The number of allylic oxidation sites excluding steroid dienone is 1. The number of benzene rings is 2. The van der Waals surface area contributed by atoms with Gasteiger partial charge in [0.15, 0.2) is 0 Å². The van der Waals surface area contributed by atoms with E-state index in [9.17, 15) is 0 Å². The van der Waals surface area contributed by atoms with Crippen molar-refractivity contribution in [2.75, 3.05) is 0 Å². The average Bonchev–Trinajstić information content (AvgIpc) is 2.74. The standard InChI is InChI=1S/C14H12.C2H6/c1-10-6-7-12-9-8-11-4-2-3-5-13(11)14(10)12;1-2/h2-5,8-9H,1,6-7H2;1-2H3. The molecule has 0 spiro atoms. The molecule has 0 fully saturated rings. The maximum Gasteiger partial charge on any atom is -0.0106 e. The Hall–Kier alpha value is -1.56. The molecule has 0 nitrogen and oxygen atoms in total. The predicted molar refractivity (Wildman–Crippen MR) is 72.7 cm³/mol. The summed E-state index contributed by atoms with van der Waals surface area (Å²) >= 11 is 0. The molecular formula is C16H18. The van der Waals surface area contributed by atoms with Gasteiger partial charge in [0.25, 0.3) is 0 Å². The third-order valence-electron chi connectivity index (χ3n) is 3.06. The van der Waals surface area contributed by atoms with Crippen LogP contribution in [0.15, 0.2) is 43.0 Å². The smallest absolute Gasteiger partial charge is 0.0106 e. The van der Waals surface area contributed by atoms with Gasteiger partial charge >= 0.3 is 0 Å². The quantitative estimate of drug-likeness (QED) is 0.584. The Morgan fingerprint density at radius 1 is 0.938 bits per heavy atom. The van der Waals surface area contributed by atoms with Crippen LogP contribution in [0.5, 0.6) is 0 Å². The highest BCUT2D eigenvalue weighted by molar-refractivity contribution is 5.96. The summed E-state index contributed by atoms with van der Waals surface area (Å²) in [4.78, 5) is 0. The van der Waals surface area contributed by atoms with Crippen LogP contribution in [0.3, 0.4) is 0 Å². The zero-order valence-electron chi connectivity index (χ0n) is 10.1. The van der Waals surface area contributed by atoms with Crippen molar-refractivity contribution in [3.8, 4) is 0 Å². The molecule has 0 aliphatic heterocycles. The third-order valence-corrected chi connectivity index (χ3v) is 3.06. The van der Waals surface area contributed by atoms with Crippen LogP contribution in [0, 0.1) is 0 Å². The summed E-state index contributed by atoms with van der Waals surface area (Å²) in [5, 5.41) is 2.70. The first kappa shape index (κ1) is 10.9. The van der Waals surface area contributed by atoms with Crippen LogP contribution >= 0.6 is 0 Å². The predicted octanol–water partition coefficient (Wildman–Crippen LogP) is 4.83. The summed E-state index contributed by atoms with van der Waals surface area (Å²) in [6.07, 6.45) is 2.29. The van der Waals surface area contributed by atoms with Gasteiger partial charge in [0, 0.05) is 0 Å². The molecule has 2 aromatic rings. The molecule has 1 aliphatic rings. The first-order valence-corrected chi connectivity index (χ1v) is 6.05. The second kappa shape index (κ2) is 4.52. The van der Waals surface area contributed by atoms with E-state index >= 15 is 0 Å². The number of hydrogen-bond donors (Lipinski definition) is 0. The van der Waals surface area contributed by atoms with Crippen molar-refractivity contribution in [2.45, 2.75) is 26.7 Å². The minimum Gasteiger partial charge on any atom is -0.0952 e. The maximum atomic E-state index is 4.15. The Morgan fingerprint density at radius 3 is 2.50 bits per heavy atom. The molecule has 3 rings (SSSR count). The van der Waals surface area contributed by atoms with Gasteiger partial charge in [-0.3, -0.25) is 0 Å². The lowest BCUT2D eigenvalue weighted by Gasteiger charge is -2.05. The molecule has 0 N–H and O–H groups in total. The van der Waals surface area contributed by atoms with Crippen LogP contribution in [0.25, 0.3) is 16.3 Å². The monoisotopic (exact) mass is 210 g/mol. The Bertz CT molecular complexity index is 521. The van der Waals surface area contributed by atoms with Gasteiger partial charge in [-0.1, -0.05) is 56.8 Å². The van der Waals surface area contributed by atoms with Crippen molar-refractivity contribution < 1.29 is 0 Å². The number of hydrogen-bond acceptors (Lipinski definition) is 0. The Balaban J connectivity index is 0.000000457. The lowest BCUT2D eigenvalue weighted by molar-refractivity contribution is 1.08. The lowest BCUT2D eigenvalue weighted by atomic mass is 9.99. The van der Waals surface area contributed by atoms with E-state index in [1.807, 2.05) is 13.8 Å². The van der Waals surface area contributed by atoms with Gasteiger partial charge in [0.05, 0.1) is 0 Å². The van der Waals surface area contributed by atoms with E-state index in [-0.39, 0.29) is 0 Å². The molecule has 0 radical (unpaired) electrons. The van der Waals surface area contributed by atoms with Crippen molar-refractivity contribution in [1.29, 1.82) is 0 Å². The highest BCUT2D eigenvalue weighted by Crippen LogP contribution is 2.36. The summed E-state index contributed by atoms with van der Waals surface area (Å²) in [5.41, 5.74) is 4.17. The highest BCUT2D eigenvalue weighted by Gasteiger charge is 2.16. The largest absolute Gasteiger partial charge is 0.0952 e. The topological polar surface area (TPSA) is 0 Å². The van der Waals surface area contributed by atoms with E-state index in [0.29, 0.717) is 0 Å². The molecule has 0 bridgehead atoms. The van der Waals surface area contributed by atoms with E-state index < -0.39 is 0 Å². The van der Waals surface area contributed by atoms with Crippen molar-refractivity contribution >= 4 is 16.3 Å². The fourth-order valence-corrected chi connectivity index (χ4v) is 2.35. The summed E-state index contributed by atoms with van der Waals surface area (Å²) in [6.45, 7) is 8.15. The van der Waals surface area contributed by atoms with Gasteiger partial charge in [0.2, 0.25) is 0 Å². The van der Waals surface area contributed by atoms with E-state index in [1.165, 1.54) is 33.9 Å². The molecule has 0 saturated heterocycles. The summed E-state index contributed by atoms with van der Waals surface area (Å²) in [7, 11) is 0. The molecule has 0 heteroatoms. The zero-order chi connectivity index (χ0) is 11.5. The minimum atomic E-state index is 1.13. The molecular weight excluding hydrogens is 192 g/mol. The maximum absolute atomic E-state index is 4.15. The molecule has 0 amide bonds. The molecule has 2 aromatic carbocycles. The molecule has 16 heavy (non-hydrogen) atoms. The van der Waals surface area contributed by atoms with Gasteiger partial charge in [-0.2, -0.15) is 0 Å². The van der Waals surface area contributed by atoms with Crippen molar-refractivity contribution in [3.63, 3.8) is 0 Å². The van der Waals surface area contributed by atoms with Crippen LogP contribution in [-0.2, 0) is 6.42 Å². The Labute approximate surface area is 97.6 Å². The highest BCUT2D eigenvalue weighted by atomic mass is 14.2. The van der Waals surface area contributed by atoms with Gasteiger partial charge in [0.1, 0.15) is 0 Å². The number of aryl methyl sites for hydroxylation is 1. The first-order chi connectivity index (χ1) is 7.86. The minimum absolute atomic E-state index is 1.13. The molecule has 1 aliphatic carbocycles. The molecule has 0 unspecified atom stereocenters. The first-order valence-electron chi connectivity index (χ1n) is 6.05. The lowest BCUT2D eigenvalue weighted by Crippen LogP contribution is -1.83. The Kier molecular flexibility index (Phi) is 3.09. The van der Waals surface area contributed by atoms with E-state index in [4.69, 9.17) is 0 Å². The van der Waals surface area contributed by atoms with Crippen LogP contribution < -0.4 is 0 Å². The van der Waals surface area contributed by atoms with Gasteiger partial charge in [-0.25, -0.2) is 0 Å². The van der Waals surface area contributed by atoms with Gasteiger partial charge < -0.3 is 0 Å². The second-order valence-electron chi connectivity index (χ2n) is 3.92. The van der Waals surface area contributed by atoms with Crippen LogP contribution in [0.1, 0.15) is 31.4 Å².